The molecule has 7 heteroatoms. The molecule has 0 fully saturated rings. The molecule has 4 rings (SSSR count). The zero-order chi connectivity index (χ0) is 17.6. The maximum atomic E-state index is 12.7. The van der Waals surface area contributed by atoms with Crippen LogP contribution in [0.5, 0.6) is 0 Å². The second-order valence-corrected chi connectivity index (χ2v) is 6.48. The molecule has 0 bridgehead atoms. The second-order valence-electron chi connectivity index (χ2n) is 6.05. The molecule has 2 amide bonds. The van der Waals surface area contributed by atoms with Crippen LogP contribution < -0.4 is 5.73 Å². The van der Waals surface area contributed by atoms with E-state index in [4.69, 9.17) is 17.3 Å². The van der Waals surface area contributed by atoms with E-state index in [1.54, 1.807) is 11.0 Å². The van der Waals surface area contributed by atoms with Gasteiger partial charge in [-0.2, -0.15) is 0 Å². The molecular weight excluding hydrogens is 340 g/mol. The number of carbonyl (C=O) groups is 2. The molecule has 2 aromatic heterocycles. The summed E-state index contributed by atoms with van der Waals surface area (Å²) in [5, 5.41) is 1.71. The average molecular weight is 355 g/mol. The minimum Gasteiger partial charge on any atom is -0.364 e. The number of fused-ring (bicyclic) bond motifs is 3. The number of aromatic nitrogens is 2. The topological polar surface area (TPSA) is 92.1 Å². The van der Waals surface area contributed by atoms with Crippen molar-refractivity contribution in [1.82, 2.24) is 14.9 Å². The van der Waals surface area contributed by atoms with Gasteiger partial charge in [0.05, 0.1) is 5.56 Å². The van der Waals surface area contributed by atoms with Gasteiger partial charge in [-0.1, -0.05) is 11.6 Å². The molecular formula is C18H15ClN4O2. The van der Waals surface area contributed by atoms with Crippen molar-refractivity contribution < 1.29 is 9.59 Å². The number of H-pyrrole nitrogens is 1. The fraction of sp³-hybridized carbons (Fsp3) is 0.167. The van der Waals surface area contributed by atoms with Crippen LogP contribution in [-0.2, 0) is 13.0 Å². The van der Waals surface area contributed by atoms with Gasteiger partial charge in [0.25, 0.3) is 11.8 Å². The lowest BCUT2D eigenvalue weighted by atomic mass is 10.0. The molecule has 126 valence electrons. The lowest BCUT2D eigenvalue weighted by Crippen LogP contribution is -2.35. The number of nitrogens with two attached hydrogens (primary N) is 1. The van der Waals surface area contributed by atoms with Gasteiger partial charge in [0.2, 0.25) is 0 Å². The molecule has 0 radical (unpaired) electrons. The van der Waals surface area contributed by atoms with Crippen LogP contribution in [0.3, 0.4) is 0 Å². The van der Waals surface area contributed by atoms with Crippen molar-refractivity contribution >= 4 is 34.3 Å². The highest BCUT2D eigenvalue weighted by molar-refractivity contribution is 6.31. The number of nitrogens with one attached hydrogen (secondary N) is 1. The number of carbonyl (C=O) groups excluding carboxylic acids is 2. The predicted molar refractivity (Wildman–Crippen MR) is 94.5 cm³/mol. The molecule has 0 spiro atoms. The van der Waals surface area contributed by atoms with Crippen LogP contribution in [0.4, 0.5) is 0 Å². The van der Waals surface area contributed by atoms with E-state index in [0.717, 1.165) is 28.6 Å². The zero-order valence-electron chi connectivity index (χ0n) is 13.3. The molecule has 0 atom stereocenters. The predicted octanol–water partition coefficient (Wildman–Crippen LogP) is 2.51. The molecule has 1 aliphatic rings. The molecule has 3 N–H and O–H groups in total. The number of halogens is 1. The summed E-state index contributed by atoms with van der Waals surface area (Å²) in [6, 6.07) is 8.77. The highest BCUT2D eigenvalue weighted by Gasteiger charge is 2.25. The first-order valence-electron chi connectivity index (χ1n) is 7.87. The number of pyridine rings is 1. The Kier molecular flexibility index (Phi) is 3.69. The fourth-order valence-corrected chi connectivity index (χ4v) is 3.38. The Labute approximate surface area is 148 Å². The van der Waals surface area contributed by atoms with E-state index in [0.29, 0.717) is 23.7 Å². The van der Waals surface area contributed by atoms with Gasteiger partial charge in [-0.05, 0) is 30.3 Å². The molecule has 0 saturated heterocycles. The van der Waals surface area contributed by atoms with Crippen LogP contribution in [0, 0.1) is 0 Å². The molecule has 0 saturated carbocycles. The maximum absolute atomic E-state index is 12.7. The molecule has 6 nitrogen and oxygen atoms in total. The summed E-state index contributed by atoms with van der Waals surface area (Å²) in [6.45, 7) is 1.12. The monoisotopic (exact) mass is 354 g/mol. The number of nitrogens with zero attached hydrogens (tertiary/aromatic N) is 2. The van der Waals surface area contributed by atoms with Crippen molar-refractivity contribution in [3.8, 4) is 0 Å². The summed E-state index contributed by atoms with van der Waals surface area (Å²) in [5.74, 6) is -0.733. The fourth-order valence-electron chi connectivity index (χ4n) is 3.21. The standard InChI is InChI=1S/C18H15ClN4O2/c19-11-2-4-14-12(7-11)13-9-23(6-5-15(13)22-14)18(25)10-1-3-16(17(20)24)21-8-10/h1-4,7-8,22H,5-6,9H2,(H2,20,24). The molecule has 25 heavy (non-hydrogen) atoms. The van der Waals surface area contributed by atoms with Crippen molar-refractivity contribution in [2.24, 2.45) is 5.73 Å². The Morgan fingerprint density at radius 2 is 2.08 bits per heavy atom. The number of rotatable bonds is 2. The third kappa shape index (κ3) is 2.74. The SMILES string of the molecule is NC(=O)c1ccc(C(=O)N2CCc3[nH]c4ccc(Cl)cc4c3C2)cn1. The van der Waals surface area contributed by atoms with E-state index >= 15 is 0 Å². The van der Waals surface area contributed by atoms with Crippen molar-refractivity contribution in [2.45, 2.75) is 13.0 Å². The number of amides is 2. The van der Waals surface area contributed by atoms with Gasteiger partial charge < -0.3 is 15.6 Å². The first kappa shape index (κ1) is 15.7. The van der Waals surface area contributed by atoms with E-state index < -0.39 is 5.91 Å². The Hall–Kier alpha value is -2.86. The lowest BCUT2D eigenvalue weighted by molar-refractivity contribution is 0.0734. The van der Waals surface area contributed by atoms with Gasteiger partial charge in [0, 0.05) is 52.9 Å². The Morgan fingerprint density at radius 1 is 1.24 bits per heavy atom. The quantitative estimate of drug-likeness (QED) is 0.740. The maximum Gasteiger partial charge on any atom is 0.267 e. The number of hydrogen-bond donors (Lipinski definition) is 2. The van der Waals surface area contributed by atoms with Crippen LogP contribution in [0.1, 0.15) is 32.1 Å². The third-order valence-corrected chi connectivity index (χ3v) is 4.72. The average Bonchev–Trinajstić information content (AvgIpc) is 2.98. The van der Waals surface area contributed by atoms with Gasteiger partial charge in [-0.25, -0.2) is 0 Å². The van der Waals surface area contributed by atoms with Crippen LogP contribution in [0.15, 0.2) is 36.5 Å². The summed E-state index contributed by atoms with van der Waals surface area (Å²) in [6.07, 6.45) is 2.14. The number of hydrogen-bond acceptors (Lipinski definition) is 3. The molecule has 0 unspecified atom stereocenters. The number of benzene rings is 1. The molecule has 1 aromatic carbocycles. The van der Waals surface area contributed by atoms with Crippen molar-refractivity contribution in [2.75, 3.05) is 6.54 Å². The highest BCUT2D eigenvalue weighted by atomic mass is 35.5. The van der Waals surface area contributed by atoms with Crippen LogP contribution in [-0.4, -0.2) is 33.2 Å². The van der Waals surface area contributed by atoms with Crippen molar-refractivity contribution in [3.05, 3.63) is 64.1 Å². The van der Waals surface area contributed by atoms with Crippen LogP contribution in [0.2, 0.25) is 5.02 Å². The molecule has 3 aromatic rings. The minimum absolute atomic E-state index is 0.120. The lowest BCUT2D eigenvalue weighted by Gasteiger charge is -2.27. The van der Waals surface area contributed by atoms with Gasteiger partial charge in [0.1, 0.15) is 5.69 Å². The van der Waals surface area contributed by atoms with E-state index in [9.17, 15) is 9.59 Å². The van der Waals surface area contributed by atoms with Gasteiger partial charge in [-0.15, -0.1) is 0 Å². The van der Waals surface area contributed by atoms with Gasteiger partial charge >= 0.3 is 0 Å². The highest BCUT2D eigenvalue weighted by Crippen LogP contribution is 2.30. The first-order chi connectivity index (χ1) is 12.0. The third-order valence-electron chi connectivity index (χ3n) is 4.49. The summed E-state index contributed by atoms with van der Waals surface area (Å²) in [5.41, 5.74) is 9.02. The Balaban J connectivity index is 1.63. The summed E-state index contributed by atoms with van der Waals surface area (Å²) in [4.78, 5) is 33.0. The first-order valence-corrected chi connectivity index (χ1v) is 8.25. The normalized spacial score (nSPS) is 13.7. The zero-order valence-corrected chi connectivity index (χ0v) is 14.0. The van der Waals surface area contributed by atoms with Crippen molar-refractivity contribution in [1.29, 1.82) is 0 Å². The minimum atomic E-state index is -0.614. The smallest absolute Gasteiger partial charge is 0.267 e. The van der Waals surface area contributed by atoms with Gasteiger partial charge in [-0.3, -0.25) is 14.6 Å². The summed E-state index contributed by atoms with van der Waals surface area (Å²) >= 11 is 6.11. The van der Waals surface area contributed by atoms with Gasteiger partial charge in [0.15, 0.2) is 0 Å². The van der Waals surface area contributed by atoms with E-state index in [2.05, 4.69) is 9.97 Å². The Bertz CT molecular complexity index is 994. The summed E-state index contributed by atoms with van der Waals surface area (Å²) in [7, 11) is 0. The molecule has 3 heterocycles. The molecule has 0 aliphatic carbocycles. The van der Waals surface area contributed by atoms with Crippen LogP contribution >= 0.6 is 11.6 Å². The number of primary amides is 1. The Morgan fingerprint density at radius 3 is 2.80 bits per heavy atom. The number of aromatic amines is 1. The largest absolute Gasteiger partial charge is 0.364 e. The molecule has 1 aliphatic heterocycles. The van der Waals surface area contributed by atoms with E-state index in [1.165, 1.54) is 12.3 Å². The van der Waals surface area contributed by atoms with Crippen LogP contribution in [0.25, 0.3) is 10.9 Å². The van der Waals surface area contributed by atoms with Crippen molar-refractivity contribution in [3.63, 3.8) is 0 Å². The second kappa shape index (κ2) is 5.89. The summed E-state index contributed by atoms with van der Waals surface area (Å²) < 4.78 is 0. The van der Waals surface area contributed by atoms with E-state index in [1.807, 2.05) is 18.2 Å². The van der Waals surface area contributed by atoms with E-state index in [-0.39, 0.29) is 11.6 Å².